The maximum Gasteiger partial charge on any atom is 0.314 e. The van der Waals surface area contributed by atoms with E-state index in [0.29, 0.717) is 44.2 Å². The lowest BCUT2D eigenvalue weighted by Crippen LogP contribution is -2.35. The molecule has 188 valence electrons. The normalized spacial score (nSPS) is 17.9. The van der Waals surface area contributed by atoms with Crippen LogP contribution in [0.25, 0.3) is 22.3 Å². The van der Waals surface area contributed by atoms with Crippen LogP contribution in [0.1, 0.15) is 38.2 Å². The number of hydrogen-bond donors (Lipinski definition) is 1. The number of carboxylic acid groups (broad SMARTS) is 1. The molecule has 1 atom stereocenters. The second-order valence-corrected chi connectivity index (χ2v) is 9.74. The predicted molar refractivity (Wildman–Crippen MR) is 135 cm³/mol. The molecule has 1 aliphatic carbocycles. The summed E-state index contributed by atoms with van der Waals surface area (Å²) in [6, 6.07) is 15.8. The summed E-state index contributed by atoms with van der Waals surface area (Å²) in [5.41, 5.74) is 3.90. The number of rotatable bonds is 9. The number of aromatic nitrogens is 2. The number of carboxylic acids is 1. The molecule has 1 saturated heterocycles. The minimum Gasteiger partial charge on any atom is -0.481 e. The number of anilines is 1. The average molecular weight is 490 g/mol. The van der Waals surface area contributed by atoms with Crippen molar-refractivity contribution in [3.05, 3.63) is 60.3 Å². The fraction of sp³-hybridized carbons (Fsp3) is 0.393. The number of benzene rings is 2. The molecule has 5 rings (SSSR count). The van der Waals surface area contributed by atoms with Gasteiger partial charge in [0.25, 0.3) is 0 Å². The van der Waals surface area contributed by atoms with Gasteiger partial charge >= 0.3 is 5.97 Å². The Bertz CT molecular complexity index is 1230. The van der Waals surface area contributed by atoms with Crippen LogP contribution in [0.15, 0.2) is 54.7 Å². The fourth-order valence-electron chi connectivity index (χ4n) is 5.05. The molecule has 2 fully saturated rings. The third-order valence-corrected chi connectivity index (χ3v) is 7.55. The first-order valence-electron chi connectivity index (χ1n) is 12.4. The molecule has 1 unspecified atom stereocenters. The van der Waals surface area contributed by atoms with Crippen molar-refractivity contribution in [2.24, 2.45) is 13.0 Å². The Morgan fingerprint density at radius 2 is 1.69 bits per heavy atom. The van der Waals surface area contributed by atoms with Crippen LogP contribution in [0.5, 0.6) is 0 Å². The SMILES string of the molecule is CC(ON(C=O)c1c(-c2ccc(-c3ccc(C4(C(=O)O)CC4)cc3)cc2)cnn1C)C1CCOCC1. The summed E-state index contributed by atoms with van der Waals surface area (Å²) >= 11 is 0. The Hall–Kier alpha value is -3.49. The third-order valence-electron chi connectivity index (χ3n) is 7.55. The molecule has 2 heterocycles. The quantitative estimate of drug-likeness (QED) is 0.349. The van der Waals surface area contributed by atoms with Crippen molar-refractivity contribution < 1.29 is 24.3 Å². The Morgan fingerprint density at radius 1 is 1.11 bits per heavy atom. The van der Waals surface area contributed by atoms with Crippen LogP contribution in [-0.4, -0.2) is 46.6 Å². The molecule has 1 aromatic heterocycles. The van der Waals surface area contributed by atoms with E-state index >= 15 is 0 Å². The number of amides is 1. The van der Waals surface area contributed by atoms with Crippen molar-refractivity contribution in [3.63, 3.8) is 0 Å². The minimum atomic E-state index is -0.748. The van der Waals surface area contributed by atoms with Gasteiger partial charge in [0, 0.05) is 25.8 Å². The monoisotopic (exact) mass is 489 g/mol. The summed E-state index contributed by atoms with van der Waals surface area (Å²) < 4.78 is 7.09. The van der Waals surface area contributed by atoms with Crippen LogP contribution in [0.4, 0.5) is 5.82 Å². The molecule has 2 aromatic carbocycles. The largest absolute Gasteiger partial charge is 0.481 e. The zero-order valence-electron chi connectivity index (χ0n) is 20.6. The Labute approximate surface area is 210 Å². The fourth-order valence-corrected chi connectivity index (χ4v) is 5.05. The number of aliphatic carboxylic acids is 1. The molecule has 8 nitrogen and oxygen atoms in total. The highest BCUT2D eigenvalue weighted by Gasteiger charge is 2.51. The van der Waals surface area contributed by atoms with Gasteiger partial charge in [0.1, 0.15) is 0 Å². The maximum absolute atomic E-state index is 12.0. The van der Waals surface area contributed by atoms with Gasteiger partial charge in [-0.1, -0.05) is 48.5 Å². The highest BCUT2D eigenvalue weighted by atomic mass is 16.7. The summed E-state index contributed by atoms with van der Waals surface area (Å²) in [6.45, 7) is 3.42. The highest BCUT2D eigenvalue weighted by Crippen LogP contribution is 2.48. The maximum atomic E-state index is 12.0. The Kier molecular flexibility index (Phi) is 6.64. The first-order chi connectivity index (χ1) is 17.4. The summed E-state index contributed by atoms with van der Waals surface area (Å²) in [5, 5.41) is 15.2. The van der Waals surface area contributed by atoms with Crippen LogP contribution in [0, 0.1) is 5.92 Å². The number of hydroxylamine groups is 1. The Balaban J connectivity index is 1.35. The molecule has 36 heavy (non-hydrogen) atoms. The van der Waals surface area contributed by atoms with Crippen molar-refractivity contribution in [3.8, 4) is 22.3 Å². The molecule has 1 amide bonds. The van der Waals surface area contributed by atoms with Gasteiger partial charge in [0.15, 0.2) is 5.82 Å². The van der Waals surface area contributed by atoms with Crippen molar-refractivity contribution in [1.82, 2.24) is 9.78 Å². The molecule has 1 aliphatic heterocycles. The molecule has 8 heteroatoms. The lowest BCUT2D eigenvalue weighted by Gasteiger charge is -2.30. The molecular formula is C28H31N3O5. The summed E-state index contributed by atoms with van der Waals surface area (Å²) in [6.07, 6.45) is 5.49. The first-order valence-corrected chi connectivity index (χ1v) is 12.4. The van der Waals surface area contributed by atoms with Gasteiger partial charge in [-0.05, 0) is 60.8 Å². The number of ether oxygens (including phenoxy) is 1. The van der Waals surface area contributed by atoms with Gasteiger partial charge in [-0.3, -0.25) is 14.4 Å². The molecular weight excluding hydrogens is 458 g/mol. The van der Waals surface area contributed by atoms with E-state index in [9.17, 15) is 14.7 Å². The van der Waals surface area contributed by atoms with Crippen molar-refractivity contribution >= 4 is 18.2 Å². The van der Waals surface area contributed by atoms with Gasteiger partial charge in [-0.25, -0.2) is 4.68 Å². The lowest BCUT2D eigenvalue weighted by molar-refractivity contribution is -0.140. The lowest BCUT2D eigenvalue weighted by atomic mass is 9.93. The summed E-state index contributed by atoms with van der Waals surface area (Å²) in [5.74, 6) is 0.153. The van der Waals surface area contributed by atoms with E-state index in [4.69, 9.17) is 9.57 Å². The summed E-state index contributed by atoms with van der Waals surface area (Å²) in [4.78, 5) is 29.7. The van der Waals surface area contributed by atoms with Gasteiger partial charge in [0.2, 0.25) is 6.41 Å². The number of nitrogens with zero attached hydrogens (tertiary/aromatic N) is 3. The minimum absolute atomic E-state index is 0.136. The molecule has 0 spiro atoms. The van der Waals surface area contributed by atoms with E-state index in [2.05, 4.69) is 5.10 Å². The zero-order valence-corrected chi connectivity index (χ0v) is 20.6. The first kappa shape index (κ1) is 24.2. The van der Waals surface area contributed by atoms with Crippen LogP contribution in [0.2, 0.25) is 0 Å². The van der Waals surface area contributed by atoms with Crippen molar-refractivity contribution in [2.75, 3.05) is 18.3 Å². The van der Waals surface area contributed by atoms with Crippen LogP contribution in [0.3, 0.4) is 0 Å². The number of aryl methyl sites for hydroxylation is 1. The van der Waals surface area contributed by atoms with Crippen LogP contribution in [-0.2, 0) is 31.6 Å². The molecule has 1 N–H and O–H groups in total. The smallest absolute Gasteiger partial charge is 0.314 e. The second kappa shape index (κ2) is 9.87. The van der Waals surface area contributed by atoms with Crippen molar-refractivity contribution in [1.29, 1.82) is 0 Å². The van der Waals surface area contributed by atoms with Gasteiger partial charge in [-0.2, -0.15) is 10.2 Å². The highest BCUT2D eigenvalue weighted by molar-refractivity contribution is 5.86. The topological polar surface area (TPSA) is 93.9 Å². The predicted octanol–water partition coefficient (Wildman–Crippen LogP) is 4.58. The van der Waals surface area contributed by atoms with Crippen molar-refractivity contribution in [2.45, 2.75) is 44.1 Å². The van der Waals surface area contributed by atoms with E-state index in [1.165, 1.54) is 5.06 Å². The van der Waals surface area contributed by atoms with Gasteiger partial charge < -0.3 is 9.84 Å². The van der Waals surface area contributed by atoms with Gasteiger partial charge in [-0.15, -0.1) is 0 Å². The molecule has 2 aliphatic rings. The number of carbonyl (C=O) groups is 2. The van der Waals surface area contributed by atoms with Gasteiger partial charge in [0.05, 0.1) is 17.7 Å². The zero-order chi connectivity index (χ0) is 25.3. The van der Waals surface area contributed by atoms with Crippen LogP contribution >= 0.6 is 0 Å². The van der Waals surface area contributed by atoms with Crippen LogP contribution < -0.4 is 5.06 Å². The molecule has 1 saturated carbocycles. The van der Waals surface area contributed by atoms with E-state index in [-0.39, 0.29) is 6.10 Å². The van der Waals surface area contributed by atoms with E-state index in [1.807, 2.05) is 55.5 Å². The van der Waals surface area contributed by atoms with E-state index in [0.717, 1.165) is 40.7 Å². The van der Waals surface area contributed by atoms with E-state index in [1.54, 1.807) is 17.9 Å². The van der Waals surface area contributed by atoms with E-state index < -0.39 is 11.4 Å². The summed E-state index contributed by atoms with van der Waals surface area (Å²) in [7, 11) is 1.79. The average Bonchev–Trinajstić information content (AvgIpc) is 3.65. The second-order valence-electron chi connectivity index (χ2n) is 9.74. The molecule has 3 aromatic rings. The number of hydrogen-bond acceptors (Lipinski definition) is 5. The standard InChI is InChI=1S/C28H31N3O5/c1-19(20-11-15-35-16-12-20)36-31(18-32)26-25(17-29-30(26)2)23-5-3-21(4-6-23)22-7-9-24(10-8-22)28(13-14-28)27(33)34/h3-10,17-20H,11-16H2,1-2H3,(H,33,34). The molecule has 0 bridgehead atoms. The number of carbonyl (C=O) groups excluding carboxylic acids is 1. The Morgan fingerprint density at radius 3 is 2.25 bits per heavy atom. The third kappa shape index (κ3) is 4.54. The molecule has 0 radical (unpaired) electrons.